The van der Waals surface area contributed by atoms with E-state index in [0.29, 0.717) is 26.1 Å². The quantitative estimate of drug-likeness (QED) is 0.0198. The van der Waals surface area contributed by atoms with Gasteiger partial charge >= 0.3 is 11.9 Å². The van der Waals surface area contributed by atoms with E-state index in [1.807, 2.05) is 105 Å². The fourth-order valence-electron chi connectivity index (χ4n) is 15.0. The predicted molar refractivity (Wildman–Crippen MR) is 363 cm³/mol. The highest BCUT2D eigenvalue weighted by atomic mass is 16.8. The topological polar surface area (TPSA) is 240 Å². The van der Waals surface area contributed by atoms with Crippen molar-refractivity contribution in [3.8, 4) is 0 Å². The number of benzene rings is 3. The van der Waals surface area contributed by atoms with Crippen LogP contribution in [0.15, 0.2) is 96.1 Å². The molecule has 0 aromatic heterocycles. The molecule has 9 rings (SSSR count). The van der Waals surface area contributed by atoms with E-state index in [9.17, 15) is 9.59 Å². The summed E-state index contributed by atoms with van der Waals surface area (Å²) in [4.78, 5) is 28.6. The van der Waals surface area contributed by atoms with Gasteiger partial charge in [-0.3, -0.25) is 9.59 Å². The molecule has 0 amide bonds. The van der Waals surface area contributed by atoms with Crippen LogP contribution in [0.25, 0.3) is 10.4 Å². The van der Waals surface area contributed by atoms with E-state index in [1.165, 1.54) is 13.8 Å². The zero-order valence-corrected chi connectivity index (χ0v) is 60.7. The van der Waals surface area contributed by atoms with Crippen molar-refractivity contribution in [1.82, 2.24) is 0 Å². The Morgan fingerprint density at radius 2 is 0.765 bits per heavy atom. The third-order valence-corrected chi connectivity index (χ3v) is 22.1. The molecule has 6 heterocycles. The zero-order valence-electron chi connectivity index (χ0n) is 60.7. The molecule has 6 fully saturated rings. The average Bonchev–Trinajstić information content (AvgIpc) is 0.777. The molecule has 98 heavy (non-hydrogen) atoms. The average molecular weight is 1370 g/mol. The van der Waals surface area contributed by atoms with Crippen LogP contribution in [0.2, 0.25) is 0 Å². The minimum Gasteiger partial charge on any atom is -0.457 e. The number of esters is 2. The number of hydrogen-bond donors (Lipinski definition) is 0. The SMILES string of the molecule is CCC1O[C@H](OCC2O[C@@H](O[C@@H]3C(CC)O[C@@H](O[C@@H]4C(CO[C@@H]5O[C@@H](C)[C@@H](C)C(OCc6ccccc6)C5OCc5ccccc5)O[C@@H](OCCN=[N+]=[N-])C(C)[C@H]4C)C(C)[C@H]3C)C(OCc3ccccc3)[C@@H](O[C@H]3O[C@@H](CC)[C@@H](C)C(C)C3OC(C)=O)[C@@H]2C)C(OC(C)=O)[C@@H](C)[C@@H]1C. The molecule has 6 saturated heterocycles. The molecular formula is C76H113N3O19. The van der Waals surface area contributed by atoms with E-state index in [0.717, 1.165) is 23.1 Å². The van der Waals surface area contributed by atoms with Crippen LogP contribution in [0, 0.1) is 59.2 Å². The number of carbonyl (C=O) groups is 2. The van der Waals surface area contributed by atoms with Crippen molar-refractivity contribution in [2.45, 2.75) is 273 Å². The molecule has 546 valence electrons. The first-order chi connectivity index (χ1) is 47.1. The number of carbonyl (C=O) groups excluding carboxylic acids is 2. The van der Waals surface area contributed by atoms with Gasteiger partial charge in [0, 0.05) is 60.8 Å². The van der Waals surface area contributed by atoms with Crippen LogP contribution in [0.5, 0.6) is 0 Å². The first-order valence-electron chi connectivity index (χ1n) is 36.2. The lowest BCUT2D eigenvalue weighted by molar-refractivity contribution is -0.379. The Hall–Kier alpha value is -4.69. The smallest absolute Gasteiger partial charge is 0.303 e. The van der Waals surface area contributed by atoms with Gasteiger partial charge in [0.2, 0.25) is 0 Å². The van der Waals surface area contributed by atoms with Crippen molar-refractivity contribution < 1.29 is 90.1 Å². The minimum atomic E-state index is -1.10. The van der Waals surface area contributed by atoms with Crippen LogP contribution in [0.3, 0.4) is 0 Å². The molecule has 30 atom stereocenters. The molecule has 0 spiro atoms. The number of rotatable bonds is 30. The standard InChI is InChI=1S/C76H113N3O19/c1-17-58-42(4)44(6)67(89-53(15)80)73(91-58)86-40-61-51(13)66(98-75-68(90-54(16)81)45(7)43(5)59(18-2)92-75)70(85-39-57-33-27-22-28-34-57)76(94-61)97-63-47(9)49(11)72(93-60(63)19-3)96-64-46(8)48(10)71(82-36-35-78-79-77)95-62(64)41-87-74-69(84-38-56-31-25-21-26-32-56)65(50(12)52(14)88-74)83-37-55-29-23-20-24-30-55/h20-34,42-52,58-76H,17-19,35-41H2,1-16H3/t42-,43-,44-,45?,46+,47+,48?,49?,50+,51+,52-,58?,59-,60?,61?,62?,63-,64-,65?,66-,67?,68?,69?,70?,71+,72-,73-,74+,75+,76-/m0/s1. The number of hydrogen-bond acceptors (Lipinski definition) is 20. The van der Waals surface area contributed by atoms with Crippen molar-refractivity contribution in [3.63, 3.8) is 0 Å². The first kappa shape index (κ1) is 77.5. The van der Waals surface area contributed by atoms with E-state index >= 15 is 0 Å². The Morgan fingerprint density at radius 3 is 1.28 bits per heavy atom. The molecule has 0 radical (unpaired) electrons. The Bertz CT molecular complexity index is 2920. The molecule has 6 aliphatic heterocycles. The molecular weight excluding hydrogens is 1260 g/mol. The highest BCUT2D eigenvalue weighted by Crippen LogP contribution is 2.45. The fraction of sp³-hybridized carbons (Fsp3) is 0.737. The summed E-state index contributed by atoms with van der Waals surface area (Å²) in [5.41, 5.74) is 12.1. The predicted octanol–water partition coefficient (Wildman–Crippen LogP) is 13.1. The monoisotopic (exact) mass is 1370 g/mol. The van der Waals surface area contributed by atoms with Crippen molar-refractivity contribution in [2.24, 2.45) is 64.3 Å². The normalized spacial score (nSPS) is 39.8. The molecule has 0 N–H and O–H groups in total. The fourth-order valence-corrected chi connectivity index (χ4v) is 15.0. The summed E-state index contributed by atoms with van der Waals surface area (Å²) in [6.07, 6.45) is -11.2. The van der Waals surface area contributed by atoms with Crippen molar-refractivity contribution in [2.75, 3.05) is 26.4 Å². The van der Waals surface area contributed by atoms with Crippen LogP contribution in [-0.2, 0) is 110 Å². The molecule has 3 aromatic carbocycles. The molecule has 22 heteroatoms. The van der Waals surface area contributed by atoms with Crippen molar-refractivity contribution in [3.05, 3.63) is 118 Å². The van der Waals surface area contributed by atoms with Gasteiger partial charge < -0.3 is 80.5 Å². The van der Waals surface area contributed by atoms with Gasteiger partial charge in [0.1, 0.15) is 18.3 Å². The molecule has 22 nitrogen and oxygen atoms in total. The Balaban J connectivity index is 1.01. The van der Waals surface area contributed by atoms with Crippen LogP contribution in [-0.4, -0.2) is 161 Å². The van der Waals surface area contributed by atoms with E-state index in [1.54, 1.807) is 0 Å². The largest absolute Gasteiger partial charge is 0.457 e. The Morgan fingerprint density at radius 1 is 0.378 bits per heavy atom. The minimum absolute atomic E-state index is 0.00389. The highest BCUT2D eigenvalue weighted by Gasteiger charge is 2.56. The van der Waals surface area contributed by atoms with Crippen molar-refractivity contribution in [1.29, 1.82) is 0 Å². The lowest BCUT2D eigenvalue weighted by Gasteiger charge is -2.52. The molecule has 3 aromatic rings. The van der Waals surface area contributed by atoms with Gasteiger partial charge in [-0.05, 0) is 72.1 Å². The molecule has 6 aliphatic rings. The van der Waals surface area contributed by atoms with Gasteiger partial charge in [0.05, 0.1) is 94.6 Å². The second-order valence-corrected chi connectivity index (χ2v) is 28.5. The van der Waals surface area contributed by atoms with Crippen LogP contribution in [0.1, 0.15) is 147 Å². The maximum Gasteiger partial charge on any atom is 0.303 e. The van der Waals surface area contributed by atoms with Gasteiger partial charge in [-0.15, -0.1) is 0 Å². The van der Waals surface area contributed by atoms with E-state index in [-0.39, 0.29) is 105 Å². The van der Waals surface area contributed by atoms with E-state index < -0.39 is 123 Å². The third-order valence-electron chi connectivity index (χ3n) is 22.1. The molecule has 0 saturated carbocycles. The van der Waals surface area contributed by atoms with Crippen LogP contribution < -0.4 is 0 Å². The van der Waals surface area contributed by atoms with E-state index in [2.05, 4.69) is 93.1 Å². The lowest BCUT2D eigenvalue weighted by atomic mass is 9.82. The summed E-state index contributed by atoms with van der Waals surface area (Å²) in [5.74, 6) is -2.32. The van der Waals surface area contributed by atoms with Gasteiger partial charge in [0.25, 0.3) is 0 Å². The summed E-state index contributed by atoms with van der Waals surface area (Å²) in [5, 5.41) is 3.73. The third kappa shape index (κ3) is 19.3. The van der Waals surface area contributed by atoms with Crippen LogP contribution in [0.4, 0.5) is 0 Å². The number of nitrogens with zero attached hydrogens (tertiary/aromatic N) is 3. The lowest BCUT2D eigenvalue weighted by Crippen LogP contribution is -2.63. The van der Waals surface area contributed by atoms with Gasteiger partial charge in [0.15, 0.2) is 49.9 Å². The van der Waals surface area contributed by atoms with Gasteiger partial charge in [-0.25, -0.2) is 0 Å². The summed E-state index contributed by atoms with van der Waals surface area (Å²) in [7, 11) is 0. The summed E-state index contributed by atoms with van der Waals surface area (Å²) >= 11 is 0. The van der Waals surface area contributed by atoms with Gasteiger partial charge in [-0.1, -0.05) is 186 Å². The summed E-state index contributed by atoms with van der Waals surface area (Å²) < 4.78 is 117. The maximum absolute atomic E-state index is 13.0. The summed E-state index contributed by atoms with van der Waals surface area (Å²) in [6, 6.07) is 30.0. The molecule has 0 bridgehead atoms. The van der Waals surface area contributed by atoms with Crippen molar-refractivity contribution >= 4 is 11.9 Å². The maximum atomic E-state index is 13.0. The molecule has 0 aliphatic carbocycles. The van der Waals surface area contributed by atoms with E-state index in [4.69, 9.17) is 86.1 Å². The second-order valence-electron chi connectivity index (χ2n) is 28.5. The molecule has 12 unspecified atom stereocenters. The summed E-state index contributed by atoms with van der Waals surface area (Å²) in [6.45, 7) is 33.2. The Kier molecular flexibility index (Phi) is 29.2. The number of ether oxygens (including phenoxy) is 17. The number of azide groups is 1. The Labute approximate surface area is 581 Å². The first-order valence-corrected chi connectivity index (χ1v) is 36.2. The zero-order chi connectivity index (χ0) is 70.3. The van der Waals surface area contributed by atoms with Gasteiger partial charge in [-0.2, -0.15) is 0 Å². The van der Waals surface area contributed by atoms with Crippen LogP contribution >= 0.6 is 0 Å². The second kappa shape index (κ2) is 37.0. The highest BCUT2D eigenvalue weighted by molar-refractivity contribution is 5.66.